The summed E-state index contributed by atoms with van der Waals surface area (Å²) in [5.74, 6) is 0.338. The lowest BCUT2D eigenvalue weighted by Crippen LogP contribution is -2.41. The molecule has 27 heavy (non-hydrogen) atoms. The summed E-state index contributed by atoms with van der Waals surface area (Å²) in [5, 5.41) is 15.0. The number of piperidine rings is 1. The number of carbonyl (C=O) groups is 1. The van der Waals surface area contributed by atoms with Crippen LogP contribution in [0.2, 0.25) is 0 Å². The van der Waals surface area contributed by atoms with Crippen molar-refractivity contribution in [1.29, 1.82) is 0 Å². The van der Waals surface area contributed by atoms with Crippen molar-refractivity contribution in [3.8, 4) is 0 Å². The number of aromatic nitrogens is 2. The van der Waals surface area contributed by atoms with Crippen molar-refractivity contribution in [2.45, 2.75) is 51.6 Å². The van der Waals surface area contributed by atoms with Gasteiger partial charge in [0.05, 0.1) is 11.8 Å². The summed E-state index contributed by atoms with van der Waals surface area (Å²) in [5.41, 5.74) is 2.92. The first-order chi connectivity index (χ1) is 13.1. The molecule has 1 aliphatic heterocycles. The van der Waals surface area contributed by atoms with E-state index in [1.54, 1.807) is 4.68 Å². The normalized spacial score (nSPS) is 16.5. The fourth-order valence-electron chi connectivity index (χ4n) is 3.95. The molecule has 0 bridgehead atoms. The lowest BCUT2D eigenvalue weighted by Gasteiger charge is -2.34. The van der Waals surface area contributed by atoms with Crippen molar-refractivity contribution in [3.05, 3.63) is 53.3 Å². The van der Waals surface area contributed by atoms with Crippen LogP contribution < -0.4 is 0 Å². The van der Waals surface area contributed by atoms with Crippen molar-refractivity contribution < 1.29 is 9.90 Å². The zero-order chi connectivity index (χ0) is 19.2. The molecule has 1 amide bonds. The van der Waals surface area contributed by atoms with Gasteiger partial charge in [-0.3, -0.25) is 9.48 Å². The summed E-state index contributed by atoms with van der Waals surface area (Å²) in [6.07, 6.45) is 5.03. The minimum Gasteiger partial charge on any atom is -0.393 e. The van der Waals surface area contributed by atoms with Gasteiger partial charge in [0, 0.05) is 20.1 Å². The van der Waals surface area contributed by atoms with Gasteiger partial charge >= 0.3 is 0 Å². The van der Waals surface area contributed by atoms with Gasteiger partial charge in [-0.25, -0.2) is 0 Å². The van der Waals surface area contributed by atoms with Gasteiger partial charge in [0.2, 0.25) is 0 Å². The number of hydrogen-bond donors (Lipinski definition) is 1. The largest absolute Gasteiger partial charge is 0.393 e. The molecule has 146 valence electrons. The number of benzene rings is 1. The van der Waals surface area contributed by atoms with Crippen molar-refractivity contribution >= 4 is 5.91 Å². The predicted octanol–water partition coefficient (Wildman–Crippen LogP) is 3.22. The molecule has 1 saturated heterocycles. The smallest absolute Gasteiger partial charge is 0.272 e. The highest BCUT2D eigenvalue weighted by Gasteiger charge is 2.29. The Bertz CT molecular complexity index is 733. The van der Waals surface area contributed by atoms with E-state index in [2.05, 4.69) is 24.2 Å². The Balaban J connectivity index is 1.50. The molecule has 0 radical (unpaired) electrons. The average Bonchev–Trinajstić information content (AvgIpc) is 3.07. The van der Waals surface area contributed by atoms with Crippen LogP contribution in [0.4, 0.5) is 0 Å². The molecule has 1 aromatic carbocycles. The first kappa shape index (κ1) is 19.6. The number of aryl methyl sites for hydroxylation is 3. The van der Waals surface area contributed by atoms with E-state index in [9.17, 15) is 9.90 Å². The molecular weight excluding hydrogens is 338 g/mol. The number of rotatable bonds is 7. The molecular formula is C22H31N3O2. The Morgan fingerprint density at radius 3 is 2.59 bits per heavy atom. The summed E-state index contributed by atoms with van der Waals surface area (Å²) >= 11 is 0. The Morgan fingerprint density at radius 1 is 1.22 bits per heavy atom. The number of likely N-dealkylation sites (tertiary alicyclic amines) is 1. The third-order valence-corrected chi connectivity index (χ3v) is 5.60. The predicted molar refractivity (Wildman–Crippen MR) is 107 cm³/mol. The fourth-order valence-corrected chi connectivity index (χ4v) is 3.95. The summed E-state index contributed by atoms with van der Waals surface area (Å²) in [6.45, 7) is 3.53. The van der Waals surface area contributed by atoms with Crippen LogP contribution in [0.3, 0.4) is 0 Å². The zero-order valence-electron chi connectivity index (χ0n) is 16.5. The lowest BCUT2D eigenvalue weighted by atomic mass is 9.88. The molecule has 1 aromatic heterocycles. The molecule has 1 aliphatic rings. The standard InChI is InChI=1S/C22H31N3O2/c1-3-7-19-16-20(24(2)23-19)22(27)25-14-12-18(13-15-25)21(26)11-10-17-8-5-4-6-9-17/h4-6,8-9,16,18,21,26H,3,7,10-15H2,1-2H3/t21-/m0/s1. The van der Waals surface area contributed by atoms with Crippen LogP contribution in [0.25, 0.3) is 0 Å². The second kappa shape index (κ2) is 9.18. The molecule has 0 saturated carbocycles. The first-order valence-corrected chi connectivity index (χ1v) is 10.1. The second-order valence-electron chi connectivity index (χ2n) is 7.62. The minimum absolute atomic E-state index is 0.0598. The third kappa shape index (κ3) is 4.98. The van der Waals surface area contributed by atoms with Crippen LogP contribution in [0, 0.1) is 5.92 Å². The molecule has 1 fully saturated rings. The number of hydrogen-bond acceptors (Lipinski definition) is 3. The maximum Gasteiger partial charge on any atom is 0.272 e. The summed E-state index contributed by atoms with van der Waals surface area (Å²) in [7, 11) is 1.84. The summed E-state index contributed by atoms with van der Waals surface area (Å²) in [4.78, 5) is 14.7. The quantitative estimate of drug-likeness (QED) is 0.815. The molecule has 2 heterocycles. The monoisotopic (exact) mass is 369 g/mol. The Morgan fingerprint density at radius 2 is 1.93 bits per heavy atom. The first-order valence-electron chi connectivity index (χ1n) is 10.1. The number of amides is 1. The Kier molecular flexibility index (Phi) is 6.67. The van der Waals surface area contributed by atoms with E-state index in [4.69, 9.17) is 0 Å². The highest BCUT2D eigenvalue weighted by Crippen LogP contribution is 2.24. The number of nitrogens with zero attached hydrogens (tertiary/aromatic N) is 3. The lowest BCUT2D eigenvalue weighted by molar-refractivity contribution is 0.0430. The van der Waals surface area contributed by atoms with Gasteiger partial charge in [-0.05, 0) is 49.7 Å². The second-order valence-corrected chi connectivity index (χ2v) is 7.62. The van der Waals surface area contributed by atoms with E-state index < -0.39 is 0 Å². The van der Waals surface area contributed by atoms with Gasteiger partial charge in [-0.15, -0.1) is 0 Å². The fraction of sp³-hybridized carbons (Fsp3) is 0.545. The Labute approximate surface area is 162 Å². The highest BCUT2D eigenvalue weighted by molar-refractivity contribution is 5.92. The molecule has 0 aliphatic carbocycles. The number of aliphatic hydroxyl groups is 1. The van der Waals surface area contributed by atoms with E-state index in [0.717, 1.165) is 44.2 Å². The van der Waals surface area contributed by atoms with Crippen molar-refractivity contribution in [2.24, 2.45) is 13.0 Å². The highest BCUT2D eigenvalue weighted by atomic mass is 16.3. The molecule has 0 unspecified atom stereocenters. The van der Waals surface area contributed by atoms with E-state index in [1.165, 1.54) is 5.56 Å². The summed E-state index contributed by atoms with van der Waals surface area (Å²) < 4.78 is 1.70. The van der Waals surface area contributed by atoms with E-state index in [-0.39, 0.29) is 17.9 Å². The van der Waals surface area contributed by atoms with Gasteiger partial charge in [0.1, 0.15) is 5.69 Å². The SMILES string of the molecule is CCCc1cc(C(=O)N2CCC([C@@H](O)CCc3ccccc3)CC2)n(C)n1. The minimum atomic E-state index is -0.296. The van der Waals surface area contributed by atoms with Crippen LogP contribution >= 0.6 is 0 Å². The molecule has 0 spiro atoms. The Hall–Kier alpha value is -2.14. The van der Waals surface area contributed by atoms with Crippen LogP contribution in [0.5, 0.6) is 0 Å². The van der Waals surface area contributed by atoms with Crippen LogP contribution in [0.1, 0.15) is 54.4 Å². The number of aliphatic hydroxyl groups excluding tert-OH is 1. The molecule has 5 heteroatoms. The zero-order valence-corrected chi connectivity index (χ0v) is 16.5. The van der Waals surface area contributed by atoms with Crippen LogP contribution in [-0.4, -0.2) is 44.9 Å². The summed E-state index contributed by atoms with van der Waals surface area (Å²) in [6, 6.07) is 12.2. The van der Waals surface area contributed by atoms with Gasteiger partial charge in [-0.1, -0.05) is 43.7 Å². The van der Waals surface area contributed by atoms with Gasteiger partial charge in [0.25, 0.3) is 5.91 Å². The maximum atomic E-state index is 12.8. The third-order valence-electron chi connectivity index (χ3n) is 5.60. The maximum absolute atomic E-state index is 12.8. The van der Waals surface area contributed by atoms with Crippen LogP contribution in [0.15, 0.2) is 36.4 Å². The number of carbonyl (C=O) groups excluding carboxylic acids is 1. The molecule has 5 nitrogen and oxygen atoms in total. The van der Waals surface area contributed by atoms with Gasteiger partial charge in [0.15, 0.2) is 0 Å². The molecule has 1 N–H and O–H groups in total. The van der Waals surface area contributed by atoms with Crippen molar-refractivity contribution in [1.82, 2.24) is 14.7 Å². The molecule has 2 aromatic rings. The van der Waals surface area contributed by atoms with Gasteiger partial charge in [-0.2, -0.15) is 5.10 Å². The molecule has 1 atom stereocenters. The van der Waals surface area contributed by atoms with Gasteiger partial charge < -0.3 is 10.0 Å². The van der Waals surface area contributed by atoms with Crippen molar-refractivity contribution in [2.75, 3.05) is 13.1 Å². The molecule has 3 rings (SSSR count). The topological polar surface area (TPSA) is 58.4 Å². The van der Waals surface area contributed by atoms with E-state index in [0.29, 0.717) is 18.8 Å². The average molecular weight is 370 g/mol. The van der Waals surface area contributed by atoms with Crippen molar-refractivity contribution in [3.63, 3.8) is 0 Å². The van der Waals surface area contributed by atoms with E-state index in [1.807, 2.05) is 36.2 Å². The van der Waals surface area contributed by atoms with Crippen LogP contribution in [-0.2, 0) is 19.9 Å². The van der Waals surface area contributed by atoms with E-state index >= 15 is 0 Å².